The van der Waals surface area contributed by atoms with E-state index in [2.05, 4.69) is 10.2 Å². The summed E-state index contributed by atoms with van der Waals surface area (Å²) in [4.78, 5) is 14.1. The normalized spacial score (nSPS) is 23.4. The quantitative estimate of drug-likeness (QED) is 0.853. The highest BCUT2D eigenvalue weighted by Crippen LogP contribution is 2.36. The molecule has 1 aliphatic heterocycles. The smallest absolute Gasteiger partial charge is 0.234 e. The van der Waals surface area contributed by atoms with E-state index in [1.807, 2.05) is 27.8 Å². The standard InChI is InChI=1S/C15H28N2O3/c1-14(2,3)16-13(18)11-17(4)12-5-7-15(8-6-12)19-9-10-20-15/h12H,5-11H2,1-4H3,(H,16,18). The van der Waals surface area contributed by atoms with Gasteiger partial charge in [-0.2, -0.15) is 0 Å². The molecule has 1 aliphatic carbocycles. The Kier molecular flexibility index (Phi) is 4.72. The van der Waals surface area contributed by atoms with Crippen molar-refractivity contribution in [1.82, 2.24) is 10.2 Å². The average molecular weight is 284 g/mol. The largest absolute Gasteiger partial charge is 0.350 e. The molecule has 0 aromatic heterocycles. The van der Waals surface area contributed by atoms with Gasteiger partial charge in [0.25, 0.3) is 0 Å². The van der Waals surface area contributed by atoms with E-state index in [-0.39, 0.29) is 17.2 Å². The predicted molar refractivity (Wildman–Crippen MR) is 77.4 cm³/mol. The Labute approximate surface area is 122 Å². The van der Waals surface area contributed by atoms with E-state index < -0.39 is 0 Å². The predicted octanol–water partition coefficient (Wildman–Crippen LogP) is 1.52. The molecule has 0 aromatic carbocycles. The van der Waals surface area contributed by atoms with Gasteiger partial charge in [-0.15, -0.1) is 0 Å². The third-order valence-corrected chi connectivity index (χ3v) is 4.06. The topological polar surface area (TPSA) is 50.8 Å². The van der Waals surface area contributed by atoms with Crippen LogP contribution >= 0.6 is 0 Å². The fourth-order valence-electron chi connectivity index (χ4n) is 3.08. The summed E-state index contributed by atoms with van der Waals surface area (Å²) in [6.07, 6.45) is 3.92. The summed E-state index contributed by atoms with van der Waals surface area (Å²) in [6, 6.07) is 0.444. The van der Waals surface area contributed by atoms with Gasteiger partial charge in [0, 0.05) is 24.4 Å². The van der Waals surface area contributed by atoms with Gasteiger partial charge in [0.05, 0.1) is 19.8 Å². The van der Waals surface area contributed by atoms with Crippen LogP contribution in [0.3, 0.4) is 0 Å². The van der Waals surface area contributed by atoms with Crippen molar-refractivity contribution in [3.63, 3.8) is 0 Å². The molecule has 1 spiro atoms. The Morgan fingerprint density at radius 3 is 2.30 bits per heavy atom. The Morgan fingerprint density at radius 2 is 1.80 bits per heavy atom. The average Bonchev–Trinajstić information content (AvgIpc) is 2.75. The zero-order valence-corrected chi connectivity index (χ0v) is 13.2. The van der Waals surface area contributed by atoms with Gasteiger partial charge in [0.1, 0.15) is 0 Å². The summed E-state index contributed by atoms with van der Waals surface area (Å²) in [5.41, 5.74) is -0.167. The molecule has 2 aliphatic rings. The van der Waals surface area contributed by atoms with E-state index in [9.17, 15) is 4.79 Å². The summed E-state index contributed by atoms with van der Waals surface area (Å²) in [6.45, 7) is 7.90. The Bertz CT molecular complexity index is 336. The van der Waals surface area contributed by atoms with E-state index in [0.29, 0.717) is 25.8 Å². The van der Waals surface area contributed by atoms with Gasteiger partial charge in [0.2, 0.25) is 5.91 Å². The van der Waals surface area contributed by atoms with Gasteiger partial charge < -0.3 is 14.8 Å². The second-order valence-electron chi connectivity index (χ2n) is 7.05. The minimum absolute atomic E-state index is 0.0913. The molecule has 20 heavy (non-hydrogen) atoms. The van der Waals surface area contributed by atoms with E-state index in [1.54, 1.807) is 0 Å². The number of nitrogens with zero attached hydrogens (tertiary/aromatic N) is 1. The van der Waals surface area contributed by atoms with Gasteiger partial charge in [-0.25, -0.2) is 0 Å². The lowest BCUT2D eigenvalue weighted by Gasteiger charge is -2.39. The Hall–Kier alpha value is -0.650. The van der Waals surface area contributed by atoms with Crippen molar-refractivity contribution in [3.05, 3.63) is 0 Å². The molecule has 5 heteroatoms. The van der Waals surface area contributed by atoms with Crippen molar-refractivity contribution < 1.29 is 14.3 Å². The summed E-state index contributed by atoms with van der Waals surface area (Å²) in [5, 5.41) is 3.01. The summed E-state index contributed by atoms with van der Waals surface area (Å²) < 4.78 is 11.5. The fraction of sp³-hybridized carbons (Fsp3) is 0.933. The molecule has 5 nitrogen and oxygen atoms in total. The van der Waals surface area contributed by atoms with Gasteiger partial charge in [-0.05, 0) is 40.7 Å². The van der Waals surface area contributed by atoms with Crippen molar-refractivity contribution in [2.24, 2.45) is 0 Å². The maximum Gasteiger partial charge on any atom is 0.234 e. The van der Waals surface area contributed by atoms with Crippen LogP contribution in [0.5, 0.6) is 0 Å². The van der Waals surface area contributed by atoms with Gasteiger partial charge in [-0.3, -0.25) is 9.69 Å². The zero-order chi connectivity index (χ0) is 14.8. The molecule has 1 saturated heterocycles. The highest BCUT2D eigenvalue weighted by molar-refractivity contribution is 5.78. The molecule has 2 rings (SSSR count). The van der Waals surface area contributed by atoms with Crippen LogP contribution in [0.25, 0.3) is 0 Å². The number of hydrogen-bond donors (Lipinski definition) is 1. The molecule has 1 heterocycles. The van der Waals surface area contributed by atoms with Crippen LogP contribution in [-0.4, -0.2) is 55.0 Å². The Balaban J connectivity index is 1.77. The van der Waals surface area contributed by atoms with Gasteiger partial charge >= 0.3 is 0 Å². The number of carbonyl (C=O) groups excluding carboxylic acids is 1. The minimum atomic E-state index is -0.314. The molecule has 0 bridgehead atoms. The molecule has 1 amide bonds. The molecule has 2 fully saturated rings. The van der Waals surface area contributed by atoms with Crippen LogP contribution in [0.1, 0.15) is 46.5 Å². The van der Waals surface area contributed by atoms with Crippen LogP contribution < -0.4 is 5.32 Å². The first-order valence-electron chi connectivity index (χ1n) is 7.59. The number of carbonyl (C=O) groups is 1. The molecule has 0 aromatic rings. The van der Waals surface area contributed by atoms with Crippen molar-refractivity contribution in [2.75, 3.05) is 26.8 Å². The second kappa shape index (κ2) is 6.00. The summed E-state index contributed by atoms with van der Waals surface area (Å²) in [5.74, 6) is -0.223. The molecule has 116 valence electrons. The summed E-state index contributed by atoms with van der Waals surface area (Å²) >= 11 is 0. The van der Waals surface area contributed by atoms with Crippen molar-refractivity contribution >= 4 is 5.91 Å². The number of nitrogens with one attached hydrogen (secondary N) is 1. The third kappa shape index (κ3) is 4.17. The lowest BCUT2D eigenvalue weighted by molar-refractivity contribution is -0.183. The van der Waals surface area contributed by atoms with E-state index in [0.717, 1.165) is 25.7 Å². The van der Waals surface area contributed by atoms with Crippen molar-refractivity contribution in [1.29, 1.82) is 0 Å². The van der Waals surface area contributed by atoms with Crippen LogP contribution in [0, 0.1) is 0 Å². The SMILES string of the molecule is CN(CC(=O)NC(C)(C)C)C1CCC2(CC1)OCCO2. The number of amides is 1. The highest BCUT2D eigenvalue weighted by atomic mass is 16.7. The lowest BCUT2D eigenvalue weighted by atomic mass is 9.89. The van der Waals surface area contributed by atoms with E-state index >= 15 is 0 Å². The van der Waals surface area contributed by atoms with Crippen LogP contribution in [0.15, 0.2) is 0 Å². The lowest BCUT2D eigenvalue weighted by Crippen LogP contribution is -2.49. The van der Waals surface area contributed by atoms with E-state index in [1.165, 1.54) is 0 Å². The second-order valence-corrected chi connectivity index (χ2v) is 7.05. The van der Waals surface area contributed by atoms with E-state index in [4.69, 9.17) is 9.47 Å². The minimum Gasteiger partial charge on any atom is -0.350 e. The first-order valence-corrected chi connectivity index (χ1v) is 7.59. The molecule has 1 saturated carbocycles. The van der Waals surface area contributed by atoms with Crippen molar-refractivity contribution in [2.45, 2.75) is 63.8 Å². The van der Waals surface area contributed by atoms with Crippen LogP contribution in [0.2, 0.25) is 0 Å². The first-order chi connectivity index (χ1) is 9.30. The summed E-state index contributed by atoms with van der Waals surface area (Å²) in [7, 11) is 2.03. The first kappa shape index (κ1) is 15.7. The number of hydrogen-bond acceptors (Lipinski definition) is 4. The highest BCUT2D eigenvalue weighted by Gasteiger charge is 2.41. The zero-order valence-electron chi connectivity index (χ0n) is 13.2. The monoisotopic (exact) mass is 284 g/mol. The number of rotatable bonds is 3. The van der Waals surface area contributed by atoms with Crippen LogP contribution in [0.4, 0.5) is 0 Å². The molecule has 1 N–H and O–H groups in total. The molecule has 0 atom stereocenters. The maximum absolute atomic E-state index is 12.0. The number of ether oxygens (including phenoxy) is 2. The van der Waals surface area contributed by atoms with Gasteiger partial charge in [0.15, 0.2) is 5.79 Å². The molecule has 0 unspecified atom stereocenters. The van der Waals surface area contributed by atoms with Gasteiger partial charge in [-0.1, -0.05) is 0 Å². The molecule has 0 radical (unpaired) electrons. The third-order valence-electron chi connectivity index (χ3n) is 4.06. The van der Waals surface area contributed by atoms with Crippen molar-refractivity contribution in [3.8, 4) is 0 Å². The Morgan fingerprint density at radius 1 is 1.25 bits per heavy atom. The molecular weight excluding hydrogens is 256 g/mol. The van der Waals surface area contributed by atoms with Crippen LogP contribution in [-0.2, 0) is 14.3 Å². The molecular formula is C15H28N2O3. The fourth-order valence-corrected chi connectivity index (χ4v) is 3.08. The maximum atomic E-state index is 12.0. The number of likely N-dealkylation sites (N-methyl/N-ethyl adjacent to an activating group) is 1.